The van der Waals surface area contributed by atoms with Crippen LogP contribution in [0.4, 0.5) is 5.69 Å². The summed E-state index contributed by atoms with van der Waals surface area (Å²) in [7, 11) is 2.78. The Morgan fingerprint density at radius 2 is 1.81 bits per heavy atom. The number of hydrogen-bond donors (Lipinski definition) is 0. The first-order valence-corrected chi connectivity index (χ1v) is 6.07. The number of ketones is 2. The van der Waals surface area contributed by atoms with Crippen LogP contribution in [0.5, 0.6) is 11.5 Å². The van der Waals surface area contributed by atoms with E-state index in [0.717, 1.165) is 6.92 Å². The monoisotopic (exact) mass is 291 g/mol. The quantitative estimate of drug-likeness (QED) is 0.452. The number of carbonyl (C=O) groups excluding carboxylic acids is 4. The Morgan fingerprint density at radius 1 is 1.14 bits per heavy atom. The van der Waals surface area contributed by atoms with Gasteiger partial charge in [0.15, 0.2) is 5.92 Å². The Kier molecular flexibility index (Phi) is 3.75. The van der Waals surface area contributed by atoms with Gasteiger partial charge in [-0.3, -0.25) is 19.2 Å². The number of Topliss-reactive ketones (excluding diaryl/α,β-unsaturated/α-hetero) is 2. The predicted octanol–water partition coefficient (Wildman–Crippen LogP) is 0.351. The molecule has 0 aliphatic carbocycles. The van der Waals surface area contributed by atoms with E-state index in [1.165, 1.54) is 26.4 Å². The fourth-order valence-electron chi connectivity index (χ4n) is 2.13. The molecule has 2 rings (SSSR count). The maximum Gasteiger partial charge on any atom is 0.302 e. The largest absolute Gasteiger partial charge is 0.497 e. The number of hydrogen-bond acceptors (Lipinski definition) is 6. The van der Waals surface area contributed by atoms with E-state index in [4.69, 9.17) is 9.47 Å². The van der Waals surface area contributed by atoms with Crippen LogP contribution in [-0.2, 0) is 19.2 Å². The normalized spacial score (nSPS) is 18.1. The molecule has 0 spiro atoms. The highest BCUT2D eigenvalue weighted by atomic mass is 16.5. The van der Waals surface area contributed by atoms with Crippen molar-refractivity contribution >= 4 is 29.1 Å². The third-order valence-electron chi connectivity index (χ3n) is 3.18. The van der Waals surface area contributed by atoms with Crippen molar-refractivity contribution in [3.05, 3.63) is 18.2 Å². The maximum absolute atomic E-state index is 12.2. The Balaban J connectivity index is 2.56. The van der Waals surface area contributed by atoms with E-state index in [0.29, 0.717) is 10.6 Å². The molecule has 110 valence electrons. The second-order valence-corrected chi connectivity index (χ2v) is 4.42. The molecule has 1 fully saturated rings. The molecule has 0 unspecified atom stereocenters. The first kappa shape index (κ1) is 14.7. The lowest BCUT2D eigenvalue weighted by Crippen LogP contribution is -2.32. The highest BCUT2D eigenvalue weighted by molar-refractivity contribution is 6.59. The van der Waals surface area contributed by atoms with Crippen LogP contribution >= 0.6 is 0 Å². The molecule has 1 aliphatic heterocycles. The van der Waals surface area contributed by atoms with Crippen molar-refractivity contribution < 1.29 is 28.7 Å². The second-order valence-electron chi connectivity index (χ2n) is 4.42. The molecule has 2 amide bonds. The third kappa shape index (κ3) is 2.26. The molecule has 21 heavy (non-hydrogen) atoms. The average Bonchev–Trinajstić information content (AvgIpc) is 2.68. The summed E-state index contributed by atoms with van der Waals surface area (Å²) in [5.74, 6) is -4.59. The van der Waals surface area contributed by atoms with Crippen molar-refractivity contribution in [1.82, 2.24) is 0 Å². The van der Waals surface area contributed by atoms with Gasteiger partial charge in [-0.05, 0) is 19.1 Å². The van der Waals surface area contributed by atoms with Gasteiger partial charge in [0.25, 0.3) is 5.91 Å². The summed E-state index contributed by atoms with van der Waals surface area (Å²) in [4.78, 5) is 48.1. The molecule has 1 atom stereocenters. The fourth-order valence-corrected chi connectivity index (χ4v) is 2.13. The first-order valence-electron chi connectivity index (χ1n) is 6.07. The Hall–Kier alpha value is -2.70. The van der Waals surface area contributed by atoms with Crippen LogP contribution in [0.2, 0.25) is 0 Å². The van der Waals surface area contributed by atoms with Crippen LogP contribution in [0.3, 0.4) is 0 Å². The Morgan fingerprint density at radius 3 is 2.29 bits per heavy atom. The van der Waals surface area contributed by atoms with E-state index >= 15 is 0 Å². The van der Waals surface area contributed by atoms with Gasteiger partial charge >= 0.3 is 5.91 Å². The first-order chi connectivity index (χ1) is 9.92. The van der Waals surface area contributed by atoms with E-state index in [-0.39, 0.29) is 11.4 Å². The number of imide groups is 1. The number of methoxy groups -OCH3 is 2. The van der Waals surface area contributed by atoms with E-state index < -0.39 is 29.3 Å². The average molecular weight is 291 g/mol. The number of nitrogens with zero attached hydrogens (tertiary/aromatic N) is 1. The molecule has 0 aromatic heterocycles. The summed E-state index contributed by atoms with van der Waals surface area (Å²) in [6, 6.07) is 4.47. The number of rotatable bonds is 4. The van der Waals surface area contributed by atoms with Crippen molar-refractivity contribution in [2.45, 2.75) is 6.92 Å². The predicted molar refractivity (Wildman–Crippen MR) is 71.2 cm³/mol. The minimum Gasteiger partial charge on any atom is -0.497 e. The van der Waals surface area contributed by atoms with E-state index in [9.17, 15) is 19.2 Å². The molecule has 1 aliphatic rings. The minimum absolute atomic E-state index is 0.0731. The zero-order chi connectivity index (χ0) is 15.7. The smallest absolute Gasteiger partial charge is 0.302 e. The van der Waals surface area contributed by atoms with Gasteiger partial charge in [0.05, 0.1) is 19.9 Å². The number of amides is 2. The number of benzene rings is 1. The van der Waals surface area contributed by atoms with Crippen LogP contribution in [0, 0.1) is 5.92 Å². The Bertz CT molecular complexity index is 651. The maximum atomic E-state index is 12.2. The van der Waals surface area contributed by atoms with Crippen molar-refractivity contribution in [3.63, 3.8) is 0 Å². The molecule has 1 saturated heterocycles. The standard InChI is InChI=1S/C14H13NO6/c1-7(16)11-12(17)14(19)15(13(11)18)9-6-8(20-2)4-5-10(9)21-3/h4-6,11H,1-3H3/t11-/m1/s1. The second kappa shape index (κ2) is 5.35. The van der Waals surface area contributed by atoms with Gasteiger partial charge in [-0.25, -0.2) is 4.90 Å². The Labute approximate surface area is 120 Å². The van der Waals surface area contributed by atoms with Gasteiger partial charge in [0.1, 0.15) is 17.3 Å². The van der Waals surface area contributed by atoms with Gasteiger partial charge < -0.3 is 9.47 Å². The lowest BCUT2D eigenvalue weighted by Gasteiger charge is -2.17. The van der Waals surface area contributed by atoms with Crippen LogP contribution < -0.4 is 14.4 Å². The number of ether oxygens (including phenoxy) is 2. The van der Waals surface area contributed by atoms with E-state index in [1.807, 2.05) is 0 Å². The number of anilines is 1. The summed E-state index contributed by atoms with van der Waals surface area (Å²) in [6.07, 6.45) is 0. The SMILES string of the molecule is COc1ccc(OC)c(N2C(=O)C(=O)[C@@H](C(C)=O)C2=O)c1. The topological polar surface area (TPSA) is 90.0 Å². The molecule has 1 aromatic carbocycles. The van der Waals surface area contributed by atoms with E-state index in [1.54, 1.807) is 6.07 Å². The van der Waals surface area contributed by atoms with Gasteiger partial charge in [0.2, 0.25) is 5.78 Å². The zero-order valence-corrected chi connectivity index (χ0v) is 11.7. The van der Waals surface area contributed by atoms with Gasteiger partial charge in [-0.15, -0.1) is 0 Å². The molecule has 1 aromatic rings. The third-order valence-corrected chi connectivity index (χ3v) is 3.18. The lowest BCUT2D eigenvalue weighted by atomic mass is 10.0. The zero-order valence-electron chi connectivity index (χ0n) is 11.7. The van der Waals surface area contributed by atoms with Crippen LogP contribution in [-0.4, -0.2) is 37.6 Å². The van der Waals surface area contributed by atoms with Crippen molar-refractivity contribution in [2.24, 2.45) is 5.92 Å². The minimum atomic E-state index is -1.58. The lowest BCUT2D eigenvalue weighted by molar-refractivity contribution is -0.139. The molecular weight excluding hydrogens is 278 g/mol. The summed E-state index contributed by atoms with van der Waals surface area (Å²) in [5.41, 5.74) is 0.0731. The molecule has 7 heteroatoms. The highest BCUT2D eigenvalue weighted by Crippen LogP contribution is 2.35. The molecule has 0 saturated carbocycles. The summed E-state index contributed by atoms with van der Waals surface area (Å²) in [6.45, 7) is 1.10. The molecule has 7 nitrogen and oxygen atoms in total. The van der Waals surface area contributed by atoms with Crippen LogP contribution in [0.1, 0.15) is 6.92 Å². The van der Waals surface area contributed by atoms with Crippen molar-refractivity contribution in [2.75, 3.05) is 19.1 Å². The van der Waals surface area contributed by atoms with Gasteiger partial charge in [-0.1, -0.05) is 0 Å². The molecule has 1 heterocycles. The summed E-state index contributed by atoms with van der Waals surface area (Å²) in [5, 5.41) is 0. The van der Waals surface area contributed by atoms with Crippen LogP contribution in [0.15, 0.2) is 18.2 Å². The van der Waals surface area contributed by atoms with Crippen molar-refractivity contribution in [3.8, 4) is 11.5 Å². The summed E-state index contributed by atoms with van der Waals surface area (Å²) < 4.78 is 10.1. The number of carbonyl (C=O) groups is 4. The van der Waals surface area contributed by atoms with E-state index in [2.05, 4.69) is 0 Å². The fraction of sp³-hybridized carbons (Fsp3) is 0.286. The van der Waals surface area contributed by atoms with Crippen LogP contribution in [0.25, 0.3) is 0 Å². The molecular formula is C14H13NO6. The summed E-state index contributed by atoms with van der Waals surface area (Å²) >= 11 is 0. The van der Waals surface area contributed by atoms with Gasteiger partial charge in [-0.2, -0.15) is 0 Å². The molecule has 0 bridgehead atoms. The van der Waals surface area contributed by atoms with Gasteiger partial charge in [0, 0.05) is 6.07 Å². The van der Waals surface area contributed by atoms with Crippen molar-refractivity contribution in [1.29, 1.82) is 0 Å². The highest BCUT2D eigenvalue weighted by Gasteiger charge is 2.50. The molecule has 0 radical (unpaired) electrons. The molecule has 0 N–H and O–H groups in total.